The zero-order chi connectivity index (χ0) is 16.5. The first-order valence-corrected chi connectivity index (χ1v) is 7.69. The Kier molecular flexibility index (Phi) is 4.16. The van der Waals surface area contributed by atoms with E-state index in [-0.39, 0.29) is 16.3 Å². The molecule has 0 fully saturated rings. The van der Waals surface area contributed by atoms with E-state index < -0.39 is 16.0 Å². The van der Waals surface area contributed by atoms with Crippen LogP contribution in [0.15, 0.2) is 41.4 Å². The molecule has 2 aromatic rings. The van der Waals surface area contributed by atoms with Gasteiger partial charge in [-0.1, -0.05) is 12.1 Å². The van der Waals surface area contributed by atoms with E-state index in [1.54, 1.807) is 12.1 Å². The van der Waals surface area contributed by atoms with Crippen molar-refractivity contribution in [2.75, 3.05) is 19.8 Å². The van der Waals surface area contributed by atoms with Gasteiger partial charge in [-0.25, -0.2) is 22.5 Å². The molecular weight excluding hydrogens is 306 g/mol. The number of aromatic carboxylic acids is 1. The van der Waals surface area contributed by atoms with Crippen LogP contribution >= 0.6 is 0 Å². The van der Waals surface area contributed by atoms with Gasteiger partial charge in [0.2, 0.25) is 10.0 Å². The molecule has 1 aromatic heterocycles. The van der Waals surface area contributed by atoms with Crippen molar-refractivity contribution in [1.82, 2.24) is 9.29 Å². The molecule has 8 heteroatoms. The summed E-state index contributed by atoms with van der Waals surface area (Å²) in [4.78, 5) is 15.3. The maximum atomic E-state index is 12.2. The fraction of sp³-hybridized carbons (Fsp3) is 0.143. The number of hydrogen-bond acceptors (Lipinski definition) is 5. The molecule has 2 rings (SSSR count). The number of sulfonamides is 1. The van der Waals surface area contributed by atoms with Gasteiger partial charge in [-0.15, -0.1) is 0 Å². The number of nitrogen functional groups attached to an aromatic ring is 1. The SMILES string of the molecule is CN(C)S(=O)(=O)c1cccc(-c2cnc(N)cc2C(=O)O)c1. The number of hydrogen-bond donors (Lipinski definition) is 2. The zero-order valence-electron chi connectivity index (χ0n) is 12.0. The average Bonchev–Trinajstić information content (AvgIpc) is 2.47. The van der Waals surface area contributed by atoms with Crippen LogP contribution in [0, 0.1) is 0 Å². The molecule has 0 saturated carbocycles. The van der Waals surface area contributed by atoms with Crippen LogP contribution in [0.5, 0.6) is 0 Å². The summed E-state index contributed by atoms with van der Waals surface area (Å²) in [6, 6.07) is 7.27. The highest BCUT2D eigenvalue weighted by Gasteiger charge is 2.19. The Labute approximate surface area is 128 Å². The zero-order valence-corrected chi connectivity index (χ0v) is 12.8. The maximum Gasteiger partial charge on any atom is 0.336 e. The lowest BCUT2D eigenvalue weighted by Gasteiger charge is -2.13. The quantitative estimate of drug-likeness (QED) is 0.877. The molecule has 1 heterocycles. The molecule has 0 aliphatic heterocycles. The Bertz CT molecular complexity index is 832. The number of rotatable bonds is 4. The fourth-order valence-corrected chi connectivity index (χ4v) is 2.86. The van der Waals surface area contributed by atoms with Crippen molar-refractivity contribution in [1.29, 1.82) is 0 Å². The highest BCUT2D eigenvalue weighted by Crippen LogP contribution is 2.27. The van der Waals surface area contributed by atoms with Crippen molar-refractivity contribution < 1.29 is 18.3 Å². The third-order valence-electron chi connectivity index (χ3n) is 3.08. The normalized spacial score (nSPS) is 11.6. The van der Waals surface area contributed by atoms with E-state index in [0.29, 0.717) is 11.1 Å². The molecule has 0 bridgehead atoms. The molecule has 0 aliphatic carbocycles. The van der Waals surface area contributed by atoms with Gasteiger partial charge in [0.15, 0.2) is 0 Å². The number of carboxylic acids is 1. The lowest BCUT2D eigenvalue weighted by atomic mass is 10.0. The Morgan fingerprint density at radius 2 is 1.95 bits per heavy atom. The molecule has 0 aliphatic rings. The van der Waals surface area contributed by atoms with Crippen LogP contribution in [0.25, 0.3) is 11.1 Å². The molecule has 0 radical (unpaired) electrons. The minimum absolute atomic E-state index is 0.0353. The number of aromatic nitrogens is 1. The summed E-state index contributed by atoms with van der Waals surface area (Å²) >= 11 is 0. The molecule has 0 atom stereocenters. The summed E-state index contributed by atoms with van der Waals surface area (Å²) in [5, 5.41) is 9.26. The second-order valence-corrected chi connectivity index (χ2v) is 6.93. The topological polar surface area (TPSA) is 114 Å². The van der Waals surface area contributed by atoms with Crippen molar-refractivity contribution in [2.45, 2.75) is 4.90 Å². The summed E-state index contributed by atoms with van der Waals surface area (Å²) in [6.45, 7) is 0. The summed E-state index contributed by atoms with van der Waals surface area (Å²) in [7, 11) is -0.756. The second-order valence-electron chi connectivity index (χ2n) is 4.78. The molecule has 0 amide bonds. The van der Waals surface area contributed by atoms with Gasteiger partial charge < -0.3 is 10.8 Å². The number of carboxylic acid groups (broad SMARTS) is 1. The Balaban J connectivity index is 2.64. The number of pyridine rings is 1. The van der Waals surface area contributed by atoms with E-state index >= 15 is 0 Å². The summed E-state index contributed by atoms with van der Waals surface area (Å²) in [6.07, 6.45) is 1.32. The standard InChI is InChI=1S/C14H15N3O4S/c1-17(2)22(20,21)10-5-3-4-9(6-10)12-8-16-13(15)7-11(12)14(18)19/h3-8H,1-2H3,(H2,15,16)(H,18,19). The van der Waals surface area contributed by atoms with E-state index in [4.69, 9.17) is 5.73 Å². The minimum Gasteiger partial charge on any atom is -0.478 e. The molecule has 116 valence electrons. The van der Waals surface area contributed by atoms with Crippen molar-refractivity contribution in [3.63, 3.8) is 0 Å². The fourth-order valence-electron chi connectivity index (χ4n) is 1.91. The van der Waals surface area contributed by atoms with E-state index in [9.17, 15) is 18.3 Å². The third kappa shape index (κ3) is 2.92. The van der Waals surface area contributed by atoms with E-state index in [1.807, 2.05) is 0 Å². The molecule has 1 aromatic carbocycles. The smallest absolute Gasteiger partial charge is 0.336 e. The van der Waals surface area contributed by atoms with E-state index in [2.05, 4.69) is 4.98 Å². The number of nitrogens with zero attached hydrogens (tertiary/aromatic N) is 2. The van der Waals surface area contributed by atoms with Crippen molar-refractivity contribution in [3.05, 3.63) is 42.1 Å². The van der Waals surface area contributed by atoms with Gasteiger partial charge in [0.05, 0.1) is 10.5 Å². The average molecular weight is 321 g/mol. The van der Waals surface area contributed by atoms with Crippen LogP contribution in [0.1, 0.15) is 10.4 Å². The van der Waals surface area contributed by atoms with Gasteiger partial charge in [0.25, 0.3) is 0 Å². The summed E-state index contributed by atoms with van der Waals surface area (Å²) < 4.78 is 25.4. The highest BCUT2D eigenvalue weighted by molar-refractivity contribution is 7.89. The van der Waals surface area contributed by atoms with Crippen LogP contribution in [0.2, 0.25) is 0 Å². The van der Waals surface area contributed by atoms with E-state index in [1.165, 1.54) is 38.5 Å². The van der Waals surface area contributed by atoms with Crippen LogP contribution in [0.4, 0.5) is 5.82 Å². The number of carbonyl (C=O) groups is 1. The molecule has 3 N–H and O–H groups in total. The van der Waals surface area contributed by atoms with Gasteiger partial charge in [-0.05, 0) is 23.8 Å². The predicted octanol–water partition coefficient (Wildman–Crippen LogP) is 1.28. The van der Waals surface area contributed by atoms with E-state index in [0.717, 1.165) is 4.31 Å². The molecule has 0 unspecified atom stereocenters. The van der Waals surface area contributed by atoms with Crippen LogP contribution < -0.4 is 5.73 Å². The molecule has 22 heavy (non-hydrogen) atoms. The van der Waals surface area contributed by atoms with Crippen LogP contribution in [-0.4, -0.2) is 42.9 Å². The lowest BCUT2D eigenvalue weighted by molar-refractivity contribution is 0.0697. The predicted molar refractivity (Wildman–Crippen MR) is 81.9 cm³/mol. The lowest BCUT2D eigenvalue weighted by Crippen LogP contribution is -2.22. The molecule has 0 spiro atoms. The largest absolute Gasteiger partial charge is 0.478 e. The van der Waals surface area contributed by atoms with Crippen LogP contribution in [-0.2, 0) is 10.0 Å². The van der Waals surface area contributed by atoms with Crippen molar-refractivity contribution in [2.24, 2.45) is 0 Å². The third-order valence-corrected chi connectivity index (χ3v) is 4.89. The van der Waals surface area contributed by atoms with Crippen molar-refractivity contribution >= 4 is 21.8 Å². The number of nitrogens with two attached hydrogens (primary N) is 1. The molecular formula is C14H15N3O4S. The Hall–Kier alpha value is -2.45. The Morgan fingerprint density at radius 1 is 1.27 bits per heavy atom. The van der Waals surface area contributed by atoms with Gasteiger partial charge >= 0.3 is 5.97 Å². The second kappa shape index (κ2) is 5.74. The number of benzene rings is 1. The molecule has 0 saturated heterocycles. The highest BCUT2D eigenvalue weighted by atomic mass is 32.2. The van der Waals surface area contributed by atoms with Gasteiger partial charge in [0, 0.05) is 25.9 Å². The van der Waals surface area contributed by atoms with Gasteiger partial charge in [-0.2, -0.15) is 0 Å². The minimum atomic E-state index is -3.61. The number of anilines is 1. The maximum absolute atomic E-state index is 12.2. The van der Waals surface area contributed by atoms with Crippen molar-refractivity contribution in [3.8, 4) is 11.1 Å². The summed E-state index contributed by atoms with van der Waals surface area (Å²) in [5.41, 5.74) is 6.21. The Morgan fingerprint density at radius 3 is 2.55 bits per heavy atom. The van der Waals surface area contributed by atoms with Gasteiger partial charge in [0.1, 0.15) is 5.82 Å². The summed E-state index contributed by atoms with van der Waals surface area (Å²) in [5.74, 6) is -1.08. The van der Waals surface area contributed by atoms with Gasteiger partial charge in [-0.3, -0.25) is 0 Å². The first kappa shape index (κ1) is 15.9. The molecule has 7 nitrogen and oxygen atoms in total. The van der Waals surface area contributed by atoms with Crippen LogP contribution in [0.3, 0.4) is 0 Å². The first-order chi connectivity index (χ1) is 10.2. The first-order valence-electron chi connectivity index (χ1n) is 6.25. The monoisotopic (exact) mass is 321 g/mol.